The van der Waals surface area contributed by atoms with E-state index in [0.29, 0.717) is 11.3 Å². The third-order valence-electron chi connectivity index (χ3n) is 3.51. The van der Waals surface area contributed by atoms with E-state index >= 15 is 0 Å². The van der Waals surface area contributed by atoms with Crippen LogP contribution in [0.1, 0.15) is 5.56 Å². The summed E-state index contributed by atoms with van der Waals surface area (Å²) in [7, 11) is 1.54. The molecule has 0 atom stereocenters. The van der Waals surface area contributed by atoms with Crippen LogP contribution >= 0.6 is 0 Å². The maximum Gasteiger partial charge on any atom is 0.152 e. The van der Waals surface area contributed by atoms with Crippen molar-refractivity contribution in [2.24, 2.45) is 0 Å². The molecule has 3 aromatic rings. The summed E-state index contributed by atoms with van der Waals surface area (Å²) >= 11 is 0. The van der Waals surface area contributed by atoms with Gasteiger partial charge in [-0.05, 0) is 16.8 Å². The van der Waals surface area contributed by atoms with Gasteiger partial charge in [-0.1, -0.05) is 36.9 Å². The van der Waals surface area contributed by atoms with E-state index in [0.717, 1.165) is 28.6 Å². The second-order valence-electron chi connectivity index (χ2n) is 4.85. The Morgan fingerprint density at radius 2 is 1.95 bits per heavy atom. The molecule has 2 aromatic carbocycles. The number of halogens is 2. The fourth-order valence-corrected chi connectivity index (χ4v) is 2.38. The van der Waals surface area contributed by atoms with Crippen LogP contribution in [0, 0.1) is 11.6 Å². The van der Waals surface area contributed by atoms with Gasteiger partial charge in [0.05, 0.1) is 13.3 Å². The zero-order chi connectivity index (χ0) is 15.7. The molecule has 1 heterocycles. The molecule has 0 bridgehead atoms. The summed E-state index contributed by atoms with van der Waals surface area (Å²) in [6.45, 7) is 3.82. The van der Waals surface area contributed by atoms with E-state index in [2.05, 4.69) is 11.6 Å². The van der Waals surface area contributed by atoms with E-state index in [9.17, 15) is 8.78 Å². The Bertz CT molecular complexity index is 874. The first-order chi connectivity index (χ1) is 10.6. The van der Waals surface area contributed by atoms with E-state index in [4.69, 9.17) is 4.74 Å². The van der Waals surface area contributed by atoms with E-state index in [1.165, 1.54) is 0 Å². The zero-order valence-electron chi connectivity index (χ0n) is 11.9. The number of ether oxygens (including phenoxy) is 1. The van der Waals surface area contributed by atoms with Crippen molar-refractivity contribution in [1.82, 2.24) is 4.98 Å². The molecule has 0 unspecified atom stereocenters. The molecule has 1 aromatic heterocycles. The normalized spacial score (nSPS) is 10.7. The van der Waals surface area contributed by atoms with Crippen LogP contribution in [0.3, 0.4) is 0 Å². The van der Waals surface area contributed by atoms with Crippen molar-refractivity contribution in [2.45, 2.75) is 0 Å². The molecule has 0 aliphatic rings. The smallest absolute Gasteiger partial charge is 0.152 e. The predicted molar refractivity (Wildman–Crippen MR) is 83.1 cm³/mol. The maximum atomic E-state index is 14.0. The summed E-state index contributed by atoms with van der Waals surface area (Å²) in [6, 6.07) is 12.0. The van der Waals surface area contributed by atoms with Gasteiger partial charge in [0.15, 0.2) is 5.82 Å². The first-order valence-electron chi connectivity index (χ1n) is 6.67. The number of hydrogen-bond acceptors (Lipinski definition) is 2. The summed E-state index contributed by atoms with van der Waals surface area (Å²) in [5.74, 6) is -0.873. The van der Waals surface area contributed by atoms with Gasteiger partial charge in [-0.25, -0.2) is 8.78 Å². The number of methoxy groups -OCH3 is 1. The van der Waals surface area contributed by atoms with Gasteiger partial charge in [-0.3, -0.25) is 4.98 Å². The van der Waals surface area contributed by atoms with Gasteiger partial charge in [0.1, 0.15) is 17.3 Å². The Hall–Kier alpha value is -2.75. The molecule has 22 heavy (non-hydrogen) atoms. The van der Waals surface area contributed by atoms with Gasteiger partial charge < -0.3 is 4.74 Å². The lowest BCUT2D eigenvalue weighted by molar-refractivity contribution is 0.371. The molecule has 0 amide bonds. The number of pyridine rings is 1. The fraction of sp³-hybridized carbons (Fsp3) is 0.0556. The van der Waals surface area contributed by atoms with E-state index < -0.39 is 11.6 Å². The number of fused-ring (bicyclic) bond motifs is 1. The first kappa shape index (κ1) is 14.2. The number of aromatic nitrogens is 1. The number of hydrogen-bond donors (Lipinski definition) is 0. The Kier molecular flexibility index (Phi) is 3.59. The third kappa shape index (κ3) is 2.44. The van der Waals surface area contributed by atoms with Gasteiger partial charge in [-0.15, -0.1) is 0 Å². The molecule has 3 rings (SSSR count). The Morgan fingerprint density at radius 1 is 1.14 bits per heavy atom. The van der Waals surface area contributed by atoms with E-state index in [1.807, 2.05) is 30.3 Å². The van der Waals surface area contributed by atoms with E-state index in [1.54, 1.807) is 13.2 Å². The second kappa shape index (κ2) is 5.56. The van der Waals surface area contributed by atoms with Gasteiger partial charge in [0.2, 0.25) is 0 Å². The Balaban J connectivity index is 2.26. The van der Waals surface area contributed by atoms with Crippen molar-refractivity contribution in [3.8, 4) is 11.3 Å². The Labute approximate surface area is 126 Å². The van der Waals surface area contributed by atoms with Crippen LogP contribution < -0.4 is 0 Å². The monoisotopic (exact) mass is 297 g/mol. The van der Waals surface area contributed by atoms with Crippen molar-refractivity contribution in [2.75, 3.05) is 7.11 Å². The van der Waals surface area contributed by atoms with Crippen molar-refractivity contribution in [3.05, 3.63) is 72.4 Å². The largest absolute Gasteiger partial charge is 0.497 e. The lowest BCUT2D eigenvalue weighted by Crippen LogP contribution is -1.93. The molecule has 2 nitrogen and oxygen atoms in total. The molecule has 0 aliphatic heterocycles. The van der Waals surface area contributed by atoms with Crippen LogP contribution in [0.2, 0.25) is 0 Å². The van der Waals surface area contributed by atoms with Gasteiger partial charge >= 0.3 is 0 Å². The lowest BCUT2D eigenvalue weighted by Gasteiger charge is -2.10. The minimum atomic E-state index is -0.699. The standard InChI is InChI=1S/C18H13F2NO/c1-11(22-2)13-7-6-12-4-3-5-15(16(12)8-13)18-17(20)9-14(19)10-21-18/h3-10H,1H2,2H3. The van der Waals surface area contributed by atoms with Crippen LogP contribution in [-0.2, 0) is 4.74 Å². The highest BCUT2D eigenvalue weighted by atomic mass is 19.1. The third-order valence-corrected chi connectivity index (χ3v) is 3.51. The van der Waals surface area contributed by atoms with Crippen molar-refractivity contribution >= 4 is 16.5 Å². The maximum absolute atomic E-state index is 14.0. The van der Waals surface area contributed by atoms with Crippen LogP contribution in [-0.4, -0.2) is 12.1 Å². The Morgan fingerprint density at radius 3 is 2.68 bits per heavy atom. The molecule has 0 fully saturated rings. The number of rotatable bonds is 3. The summed E-state index contributed by atoms with van der Waals surface area (Å²) in [5, 5.41) is 1.73. The second-order valence-corrected chi connectivity index (χ2v) is 4.85. The average Bonchev–Trinajstić information content (AvgIpc) is 2.53. The predicted octanol–water partition coefficient (Wildman–Crippen LogP) is 4.80. The van der Waals surface area contributed by atoms with Crippen LogP contribution in [0.15, 0.2) is 55.2 Å². The lowest BCUT2D eigenvalue weighted by atomic mass is 9.99. The molecule has 0 N–H and O–H groups in total. The summed E-state index contributed by atoms with van der Waals surface area (Å²) in [6.07, 6.45) is 1.01. The van der Waals surface area contributed by atoms with Crippen LogP contribution in [0.5, 0.6) is 0 Å². The molecule has 0 aliphatic carbocycles. The molecule has 0 saturated carbocycles. The molecule has 0 spiro atoms. The van der Waals surface area contributed by atoms with Gasteiger partial charge in [0, 0.05) is 17.2 Å². The highest BCUT2D eigenvalue weighted by molar-refractivity contribution is 5.97. The minimum absolute atomic E-state index is 0.118. The average molecular weight is 297 g/mol. The topological polar surface area (TPSA) is 22.1 Å². The molecule has 0 saturated heterocycles. The number of nitrogens with zero attached hydrogens (tertiary/aromatic N) is 1. The summed E-state index contributed by atoms with van der Waals surface area (Å²) in [5.41, 5.74) is 1.51. The highest BCUT2D eigenvalue weighted by Gasteiger charge is 2.12. The molecule has 0 radical (unpaired) electrons. The van der Waals surface area contributed by atoms with Gasteiger partial charge in [0.25, 0.3) is 0 Å². The highest BCUT2D eigenvalue weighted by Crippen LogP contribution is 2.31. The summed E-state index contributed by atoms with van der Waals surface area (Å²) < 4.78 is 32.2. The quantitative estimate of drug-likeness (QED) is 0.648. The van der Waals surface area contributed by atoms with Crippen molar-refractivity contribution < 1.29 is 13.5 Å². The summed E-state index contributed by atoms with van der Waals surface area (Å²) in [4.78, 5) is 3.89. The fourth-order valence-electron chi connectivity index (χ4n) is 2.38. The molecule has 110 valence electrons. The first-order valence-corrected chi connectivity index (χ1v) is 6.67. The van der Waals surface area contributed by atoms with Crippen LogP contribution in [0.25, 0.3) is 27.8 Å². The molecular formula is C18H13F2NO. The van der Waals surface area contributed by atoms with Gasteiger partial charge in [-0.2, -0.15) is 0 Å². The minimum Gasteiger partial charge on any atom is -0.497 e. The molecular weight excluding hydrogens is 284 g/mol. The van der Waals surface area contributed by atoms with Crippen molar-refractivity contribution in [3.63, 3.8) is 0 Å². The zero-order valence-corrected chi connectivity index (χ0v) is 11.9. The number of benzene rings is 2. The molecule has 4 heteroatoms. The van der Waals surface area contributed by atoms with E-state index in [-0.39, 0.29) is 5.69 Å². The SMILES string of the molecule is C=C(OC)c1ccc2cccc(-c3ncc(F)cc3F)c2c1. The van der Waals surface area contributed by atoms with Crippen LogP contribution in [0.4, 0.5) is 8.78 Å². The van der Waals surface area contributed by atoms with Crippen molar-refractivity contribution in [1.29, 1.82) is 0 Å².